The quantitative estimate of drug-likeness (QED) is 0.532. The van der Waals surface area contributed by atoms with Crippen molar-refractivity contribution in [2.45, 2.75) is 115 Å². The number of fused-ring (bicyclic) bond motifs is 3. The fourth-order valence-electron chi connectivity index (χ4n) is 6.76. The average molecular weight is 497 g/mol. The van der Waals surface area contributed by atoms with E-state index in [0.29, 0.717) is 24.8 Å². The van der Waals surface area contributed by atoms with Crippen LogP contribution in [0.15, 0.2) is 16.5 Å². The zero-order valence-corrected chi connectivity index (χ0v) is 22.5. The minimum Gasteiger partial charge on any atom is -0.460 e. The molecule has 0 radical (unpaired) electrons. The van der Waals surface area contributed by atoms with E-state index in [4.69, 9.17) is 4.42 Å². The van der Waals surface area contributed by atoms with Crippen molar-refractivity contribution in [3.8, 4) is 0 Å². The van der Waals surface area contributed by atoms with Crippen LogP contribution in [-0.2, 0) is 11.3 Å². The molecule has 2 saturated carbocycles. The summed E-state index contributed by atoms with van der Waals surface area (Å²) >= 11 is 0. The van der Waals surface area contributed by atoms with E-state index in [1.54, 1.807) is 0 Å². The number of carbonyl (C=O) groups is 2. The molecule has 3 heterocycles. The van der Waals surface area contributed by atoms with Gasteiger partial charge in [-0.15, -0.1) is 0 Å². The Morgan fingerprint density at radius 2 is 1.75 bits per heavy atom. The van der Waals surface area contributed by atoms with Crippen LogP contribution in [0.4, 0.5) is 0 Å². The number of hydrogen-bond donors (Lipinski definition) is 1. The van der Waals surface area contributed by atoms with Gasteiger partial charge in [-0.2, -0.15) is 0 Å². The summed E-state index contributed by atoms with van der Waals surface area (Å²) in [4.78, 5) is 32.1. The molecule has 36 heavy (non-hydrogen) atoms. The minimum absolute atomic E-state index is 0.0175. The van der Waals surface area contributed by atoms with Gasteiger partial charge in [-0.25, -0.2) is 0 Å². The number of nitrogens with one attached hydrogen (secondary N) is 1. The van der Waals surface area contributed by atoms with E-state index in [-0.39, 0.29) is 17.9 Å². The topological polar surface area (TPSA) is 70.7 Å². The third-order valence-corrected chi connectivity index (χ3v) is 9.01. The molecule has 7 nitrogen and oxygen atoms in total. The molecule has 5 rings (SSSR count). The van der Waals surface area contributed by atoms with Crippen LogP contribution < -0.4 is 5.32 Å². The summed E-state index contributed by atoms with van der Waals surface area (Å²) in [6.45, 7) is 5.86. The number of amides is 2. The molecule has 3 aliphatic rings. The van der Waals surface area contributed by atoms with Gasteiger partial charge < -0.3 is 24.1 Å². The summed E-state index contributed by atoms with van der Waals surface area (Å²) in [6, 6.07) is 4.68. The SMILES string of the molecule is Cc1cc2c(cc3n2CC(C)(C(=O)NC2CCCCCC2)N(CCCN(C)C2CCCCC2)C3=O)o1. The van der Waals surface area contributed by atoms with Crippen molar-refractivity contribution >= 4 is 22.9 Å². The minimum atomic E-state index is -0.934. The lowest BCUT2D eigenvalue weighted by Crippen LogP contribution is -2.65. The lowest BCUT2D eigenvalue weighted by atomic mass is 9.93. The Morgan fingerprint density at radius 3 is 2.47 bits per heavy atom. The maximum atomic E-state index is 13.9. The molecule has 1 atom stereocenters. The standard InChI is InChI=1S/C29H44N4O3/c1-21-18-24-26(36-21)19-25-27(34)33(17-11-16-31(3)23-14-9-6-10-15-23)29(2,20-32(24)25)28(35)30-22-12-7-4-5-8-13-22/h18-19,22-23H,4-17,20H2,1-3H3,(H,30,35). The van der Waals surface area contributed by atoms with Crippen molar-refractivity contribution in [2.75, 3.05) is 20.1 Å². The molecule has 0 bridgehead atoms. The van der Waals surface area contributed by atoms with Crippen LogP contribution in [0, 0.1) is 6.92 Å². The fourth-order valence-corrected chi connectivity index (χ4v) is 6.76. The van der Waals surface area contributed by atoms with E-state index in [0.717, 1.165) is 55.5 Å². The van der Waals surface area contributed by atoms with Gasteiger partial charge in [0.2, 0.25) is 5.91 Å². The van der Waals surface area contributed by atoms with Gasteiger partial charge in [0.15, 0.2) is 5.58 Å². The molecule has 2 aromatic rings. The lowest BCUT2D eigenvalue weighted by molar-refractivity contribution is -0.133. The third-order valence-electron chi connectivity index (χ3n) is 9.01. The van der Waals surface area contributed by atoms with Crippen LogP contribution >= 0.6 is 0 Å². The molecule has 0 aromatic carbocycles. The van der Waals surface area contributed by atoms with Gasteiger partial charge in [0.1, 0.15) is 17.0 Å². The second-order valence-electron chi connectivity index (χ2n) is 11.7. The molecule has 1 unspecified atom stereocenters. The van der Waals surface area contributed by atoms with Crippen molar-refractivity contribution in [2.24, 2.45) is 0 Å². The Labute approximate surface area is 215 Å². The number of aromatic nitrogens is 1. The predicted octanol–water partition coefficient (Wildman–Crippen LogP) is 5.25. The fraction of sp³-hybridized carbons (Fsp3) is 0.724. The number of furan rings is 1. The second-order valence-corrected chi connectivity index (χ2v) is 11.7. The molecule has 198 valence electrons. The largest absolute Gasteiger partial charge is 0.460 e. The first kappa shape index (κ1) is 25.4. The van der Waals surface area contributed by atoms with Crippen LogP contribution in [0.1, 0.15) is 100 Å². The molecule has 2 aliphatic carbocycles. The van der Waals surface area contributed by atoms with E-state index in [1.807, 2.05) is 35.4 Å². The van der Waals surface area contributed by atoms with Crippen molar-refractivity contribution in [3.05, 3.63) is 23.6 Å². The van der Waals surface area contributed by atoms with E-state index in [1.165, 1.54) is 44.9 Å². The maximum absolute atomic E-state index is 13.9. The van der Waals surface area contributed by atoms with Gasteiger partial charge >= 0.3 is 0 Å². The third kappa shape index (κ3) is 4.96. The summed E-state index contributed by atoms with van der Waals surface area (Å²) in [5, 5.41) is 3.37. The first-order chi connectivity index (χ1) is 17.4. The van der Waals surface area contributed by atoms with Gasteiger partial charge in [-0.1, -0.05) is 44.9 Å². The van der Waals surface area contributed by atoms with Crippen molar-refractivity contribution in [1.29, 1.82) is 0 Å². The van der Waals surface area contributed by atoms with Gasteiger partial charge in [0, 0.05) is 30.8 Å². The first-order valence-corrected chi connectivity index (χ1v) is 14.3. The molecule has 2 amide bonds. The van der Waals surface area contributed by atoms with Crippen LogP contribution in [0.2, 0.25) is 0 Å². The maximum Gasteiger partial charge on any atom is 0.271 e. The van der Waals surface area contributed by atoms with Gasteiger partial charge in [-0.3, -0.25) is 9.59 Å². The Hall–Kier alpha value is -2.28. The highest BCUT2D eigenvalue weighted by atomic mass is 16.3. The van der Waals surface area contributed by atoms with Crippen LogP contribution in [-0.4, -0.2) is 63.9 Å². The van der Waals surface area contributed by atoms with E-state index in [2.05, 4.69) is 17.3 Å². The molecule has 0 saturated heterocycles. The molecule has 0 spiro atoms. The van der Waals surface area contributed by atoms with E-state index < -0.39 is 5.54 Å². The number of nitrogens with zero attached hydrogens (tertiary/aromatic N) is 3. The number of carbonyl (C=O) groups excluding carboxylic acids is 2. The highest BCUT2D eigenvalue weighted by Gasteiger charge is 2.48. The van der Waals surface area contributed by atoms with Gasteiger partial charge in [0.25, 0.3) is 5.91 Å². The average Bonchev–Trinajstić information content (AvgIpc) is 3.26. The predicted molar refractivity (Wildman–Crippen MR) is 142 cm³/mol. The summed E-state index contributed by atoms with van der Waals surface area (Å²) < 4.78 is 7.85. The van der Waals surface area contributed by atoms with Crippen LogP contribution in [0.3, 0.4) is 0 Å². The van der Waals surface area contributed by atoms with Gasteiger partial charge in [-0.05, 0) is 59.5 Å². The monoisotopic (exact) mass is 496 g/mol. The Kier molecular flexibility index (Phi) is 7.47. The Balaban J connectivity index is 1.37. The molecule has 2 fully saturated rings. The highest BCUT2D eigenvalue weighted by molar-refractivity contribution is 6.03. The van der Waals surface area contributed by atoms with Crippen LogP contribution in [0.5, 0.6) is 0 Å². The smallest absolute Gasteiger partial charge is 0.271 e. The van der Waals surface area contributed by atoms with Gasteiger partial charge in [0.05, 0.1) is 12.1 Å². The van der Waals surface area contributed by atoms with E-state index in [9.17, 15) is 9.59 Å². The normalized spacial score (nSPS) is 24.3. The Morgan fingerprint density at radius 1 is 1.08 bits per heavy atom. The zero-order chi connectivity index (χ0) is 25.3. The second kappa shape index (κ2) is 10.6. The Bertz CT molecular complexity index is 1070. The number of rotatable bonds is 7. The highest BCUT2D eigenvalue weighted by Crippen LogP contribution is 2.34. The molecule has 2 aromatic heterocycles. The zero-order valence-electron chi connectivity index (χ0n) is 22.5. The van der Waals surface area contributed by atoms with Crippen molar-refractivity contribution in [3.63, 3.8) is 0 Å². The van der Waals surface area contributed by atoms with Crippen molar-refractivity contribution < 1.29 is 14.0 Å². The summed E-state index contributed by atoms with van der Waals surface area (Å²) in [5.41, 5.74) is 1.32. The van der Waals surface area contributed by atoms with E-state index >= 15 is 0 Å². The van der Waals surface area contributed by atoms with Crippen molar-refractivity contribution in [1.82, 2.24) is 19.7 Å². The molecular formula is C29H44N4O3. The summed E-state index contributed by atoms with van der Waals surface area (Å²) in [7, 11) is 2.22. The molecule has 7 heteroatoms. The molecule has 1 N–H and O–H groups in total. The molecular weight excluding hydrogens is 452 g/mol. The number of aryl methyl sites for hydroxylation is 1. The first-order valence-electron chi connectivity index (χ1n) is 14.3. The van der Waals surface area contributed by atoms with Crippen LogP contribution in [0.25, 0.3) is 11.1 Å². The summed E-state index contributed by atoms with van der Waals surface area (Å²) in [5.74, 6) is 0.737. The number of hydrogen-bond acceptors (Lipinski definition) is 4. The lowest BCUT2D eigenvalue weighted by Gasteiger charge is -2.45. The molecule has 1 aliphatic heterocycles. The summed E-state index contributed by atoms with van der Waals surface area (Å²) in [6.07, 6.45) is 14.3.